The first-order chi connectivity index (χ1) is 19.8. The van der Waals surface area contributed by atoms with Crippen molar-refractivity contribution in [2.45, 2.75) is 56.3 Å². The lowest BCUT2D eigenvalue weighted by atomic mass is 9.82. The van der Waals surface area contributed by atoms with Crippen LogP contribution in [0.15, 0.2) is 35.2 Å². The molecular formula is C32H30ClN2O5S+. The standard InChI is InChI=1S/C32H29ClN2O5S/c33-41(38,39)20-9-10-21(24(17-20)32(36)37)27-25-15-18-5-1-11-34-13-3-7-22(28(18)34)30(25)40-31-23-8-4-14-35-12-2-6-19(29(23)35)16-26(27)31/h9-10,15-17H,1-8,11-14H2/p+1. The van der Waals surface area contributed by atoms with Gasteiger partial charge in [-0.25, -0.2) is 17.8 Å². The van der Waals surface area contributed by atoms with E-state index in [2.05, 4.69) is 21.6 Å². The first-order valence-electron chi connectivity index (χ1n) is 14.5. The Bertz CT molecular complexity index is 1940. The first kappa shape index (κ1) is 25.4. The molecule has 0 aliphatic carbocycles. The third-order valence-electron chi connectivity index (χ3n) is 9.46. The van der Waals surface area contributed by atoms with E-state index in [4.69, 9.17) is 15.4 Å². The summed E-state index contributed by atoms with van der Waals surface area (Å²) >= 11 is 0. The summed E-state index contributed by atoms with van der Waals surface area (Å²) in [5.74, 6) is 0.458. The fourth-order valence-electron chi connectivity index (χ4n) is 7.87. The molecule has 210 valence electrons. The first-order valence-corrected chi connectivity index (χ1v) is 16.9. The lowest BCUT2D eigenvalue weighted by molar-refractivity contribution is 0.0696. The maximum Gasteiger partial charge on any atom is 0.336 e. The van der Waals surface area contributed by atoms with Gasteiger partial charge in [0.1, 0.15) is 24.6 Å². The second kappa shape index (κ2) is 9.07. The van der Waals surface area contributed by atoms with Crippen molar-refractivity contribution < 1.29 is 23.1 Å². The molecule has 0 fully saturated rings. The van der Waals surface area contributed by atoms with E-state index in [0.29, 0.717) is 5.56 Å². The summed E-state index contributed by atoms with van der Waals surface area (Å²) in [6, 6.07) is 8.63. The molecule has 5 heterocycles. The zero-order valence-electron chi connectivity index (χ0n) is 22.6. The monoisotopic (exact) mass is 589 g/mol. The average Bonchev–Trinajstić information content (AvgIpc) is 2.96. The molecule has 0 amide bonds. The Kier molecular flexibility index (Phi) is 5.61. The van der Waals surface area contributed by atoms with Crippen LogP contribution in [0.25, 0.3) is 5.57 Å². The Morgan fingerprint density at radius 2 is 1.61 bits per heavy atom. The van der Waals surface area contributed by atoms with Crippen LogP contribution in [-0.2, 0) is 34.7 Å². The highest BCUT2D eigenvalue weighted by molar-refractivity contribution is 8.13. The van der Waals surface area contributed by atoms with Gasteiger partial charge >= 0.3 is 5.97 Å². The zero-order valence-corrected chi connectivity index (χ0v) is 24.2. The molecule has 0 saturated heterocycles. The average molecular weight is 590 g/mol. The molecule has 5 aliphatic rings. The third-order valence-corrected chi connectivity index (χ3v) is 10.8. The van der Waals surface area contributed by atoms with Gasteiger partial charge in [-0.1, -0.05) is 6.07 Å². The molecule has 0 unspecified atom stereocenters. The number of nitrogens with zero attached hydrogens (tertiary/aromatic N) is 2. The van der Waals surface area contributed by atoms with Gasteiger partial charge in [-0.3, -0.25) is 0 Å². The molecule has 0 saturated carbocycles. The van der Waals surface area contributed by atoms with E-state index in [1.165, 1.54) is 45.4 Å². The molecular weight excluding hydrogens is 560 g/mol. The molecule has 0 atom stereocenters. The molecule has 8 rings (SSSR count). The summed E-state index contributed by atoms with van der Waals surface area (Å²) in [5.41, 5.74) is 8.37. The molecule has 0 bridgehead atoms. The van der Waals surface area contributed by atoms with E-state index in [9.17, 15) is 18.3 Å². The van der Waals surface area contributed by atoms with Crippen molar-refractivity contribution in [2.75, 3.05) is 31.1 Å². The van der Waals surface area contributed by atoms with Gasteiger partial charge in [0.25, 0.3) is 9.05 Å². The Labute approximate surface area is 242 Å². The molecule has 0 radical (unpaired) electrons. The largest absolute Gasteiger partial charge is 0.478 e. The molecule has 9 heteroatoms. The SMILES string of the molecule is O=C(O)c1cc(S(=O)(=O)Cl)ccc1C1=c2cc3c4c(c2Oc2c1cc1c5c2CCCN5CCC1)CCC[N+]=4CCC3. The third kappa shape index (κ3) is 3.79. The molecule has 5 aliphatic heterocycles. The normalized spacial score (nSPS) is 18.6. The number of fused-ring (bicyclic) bond motifs is 4. The van der Waals surface area contributed by atoms with Crippen molar-refractivity contribution in [3.63, 3.8) is 0 Å². The minimum Gasteiger partial charge on any atom is -0.478 e. The summed E-state index contributed by atoms with van der Waals surface area (Å²) in [6.07, 6.45) is 7.99. The van der Waals surface area contributed by atoms with Gasteiger partial charge in [-0.15, -0.1) is 0 Å². The van der Waals surface area contributed by atoms with E-state index < -0.39 is 15.0 Å². The van der Waals surface area contributed by atoms with Crippen LogP contribution in [0.4, 0.5) is 5.69 Å². The lowest BCUT2D eigenvalue weighted by Gasteiger charge is -2.39. The number of carbonyl (C=O) groups is 1. The van der Waals surface area contributed by atoms with Gasteiger partial charge in [0.2, 0.25) is 5.36 Å². The fraction of sp³-hybridized carbons (Fsp3) is 0.375. The van der Waals surface area contributed by atoms with Crippen molar-refractivity contribution >= 4 is 37.0 Å². The van der Waals surface area contributed by atoms with Crippen molar-refractivity contribution in [1.29, 1.82) is 0 Å². The Balaban J connectivity index is 1.53. The van der Waals surface area contributed by atoms with Crippen LogP contribution in [0.5, 0.6) is 11.5 Å². The molecule has 41 heavy (non-hydrogen) atoms. The van der Waals surface area contributed by atoms with Gasteiger partial charge in [-0.05, 0) is 73.9 Å². The van der Waals surface area contributed by atoms with E-state index in [-0.39, 0.29) is 10.5 Å². The molecule has 1 N–H and O–H groups in total. The maximum atomic E-state index is 12.7. The summed E-state index contributed by atoms with van der Waals surface area (Å²) in [7, 11) is 1.55. The van der Waals surface area contributed by atoms with Crippen LogP contribution < -0.4 is 24.8 Å². The molecule has 0 spiro atoms. The highest BCUT2D eigenvalue weighted by atomic mass is 35.7. The summed E-state index contributed by atoms with van der Waals surface area (Å²) in [5, 5.41) is 12.5. The van der Waals surface area contributed by atoms with Crippen molar-refractivity contribution in [1.82, 2.24) is 4.58 Å². The second-order valence-corrected chi connectivity index (χ2v) is 14.4. The van der Waals surface area contributed by atoms with Crippen LogP contribution in [0.2, 0.25) is 0 Å². The number of aryl methyl sites for hydroxylation is 2. The number of carboxylic acids is 1. The highest BCUT2D eigenvalue weighted by Gasteiger charge is 2.36. The Hall–Kier alpha value is -3.36. The van der Waals surface area contributed by atoms with Crippen LogP contribution >= 0.6 is 10.7 Å². The van der Waals surface area contributed by atoms with Crippen molar-refractivity contribution in [2.24, 2.45) is 0 Å². The summed E-state index contributed by atoms with van der Waals surface area (Å²) < 4.78 is 33.9. The molecule has 0 aromatic heterocycles. The number of rotatable bonds is 3. The van der Waals surface area contributed by atoms with Gasteiger partial charge in [0.05, 0.1) is 16.0 Å². The lowest BCUT2D eigenvalue weighted by Crippen LogP contribution is -2.45. The van der Waals surface area contributed by atoms with Gasteiger partial charge in [0.15, 0.2) is 0 Å². The number of anilines is 1. The zero-order chi connectivity index (χ0) is 28.0. The van der Waals surface area contributed by atoms with E-state index >= 15 is 0 Å². The Morgan fingerprint density at radius 1 is 0.878 bits per heavy atom. The van der Waals surface area contributed by atoms with Crippen LogP contribution in [-0.4, -0.2) is 45.7 Å². The minimum absolute atomic E-state index is 0.0819. The highest BCUT2D eigenvalue weighted by Crippen LogP contribution is 2.48. The topological polar surface area (TPSA) is 86.9 Å². The van der Waals surface area contributed by atoms with Crippen LogP contribution in [0, 0.1) is 0 Å². The Morgan fingerprint density at radius 3 is 2.39 bits per heavy atom. The molecule has 3 aromatic rings. The summed E-state index contributed by atoms with van der Waals surface area (Å²) in [6.45, 7) is 4.16. The second-order valence-electron chi connectivity index (χ2n) is 11.8. The number of hydrogen-bond acceptors (Lipinski definition) is 5. The van der Waals surface area contributed by atoms with Gasteiger partial charge in [0, 0.05) is 69.8 Å². The molecule has 3 aromatic carbocycles. The predicted octanol–water partition coefficient (Wildman–Crippen LogP) is 3.75. The van der Waals surface area contributed by atoms with Gasteiger partial charge < -0.3 is 14.7 Å². The van der Waals surface area contributed by atoms with Crippen molar-refractivity contribution in [3.05, 3.63) is 79.9 Å². The van der Waals surface area contributed by atoms with Crippen molar-refractivity contribution in [3.8, 4) is 11.5 Å². The number of carboxylic acid groups (broad SMARTS) is 1. The number of benzene rings is 3. The predicted molar refractivity (Wildman–Crippen MR) is 157 cm³/mol. The fourth-order valence-corrected chi connectivity index (χ4v) is 8.65. The van der Waals surface area contributed by atoms with Gasteiger partial charge in [-0.2, -0.15) is 0 Å². The van der Waals surface area contributed by atoms with Crippen LogP contribution in [0.3, 0.4) is 0 Å². The molecule has 7 nitrogen and oxygen atoms in total. The summed E-state index contributed by atoms with van der Waals surface area (Å²) in [4.78, 5) is 15.0. The van der Waals surface area contributed by atoms with E-state index in [1.807, 2.05) is 0 Å². The van der Waals surface area contributed by atoms with E-state index in [0.717, 1.165) is 105 Å². The smallest absolute Gasteiger partial charge is 0.336 e. The van der Waals surface area contributed by atoms with E-state index in [1.54, 1.807) is 6.07 Å². The number of hydrogen-bond donors (Lipinski definition) is 1. The number of ether oxygens (including phenoxy) is 1. The van der Waals surface area contributed by atoms with Crippen LogP contribution in [0.1, 0.15) is 69.4 Å². The minimum atomic E-state index is -4.11. The number of aromatic carboxylic acids is 1. The maximum absolute atomic E-state index is 12.7. The quantitative estimate of drug-likeness (QED) is 0.289. The number of halogens is 1.